The molecule has 19 heavy (non-hydrogen) atoms. The van der Waals surface area contributed by atoms with Crippen molar-refractivity contribution in [2.45, 2.75) is 17.6 Å². The summed E-state index contributed by atoms with van der Waals surface area (Å²) in [5.74, 6) is 0.606. The Bertz CT molecular complexity index is 718. The standard InChI is InChI=1S/C16H14FNS/c1-11-16(14-7-2-3-8-15(14)18-11)19-10-12-5-4-6-13(17)9-12/h2-9,18H,10H2,1H3. The van der Waals surface area contributed by atoms with Crippen molar-refractivity contribution >= 4 is 22.7 Å². The Morgan fingerprint density at radius 3 is 2.79 bits per heavy atom. The van der Waals surface area contributed by atoms with Crippen LogP contribution >= 0.6 is 11.8 Å². The van der Waals surface area contributed by atoms with Crippen molar-refractivity contribution in [3.05, 3.63) is 65.6 Å². The highest BCUT2D eigenvalue weighted by Crippen LogP contribution is 2.33. The molecule has 0 saturated heterocycles. The van der Waals surface area contributed by atoms with Gasteiger partial charge in [0.1, 0.15) is 5.82 Å². The monoisotopic (exact) mass is 271 g/mol. The third-order valence-electron chi connectivity index (χ3n) is 3.11. The van der Waals surface area contributed by atoms with E-state index in [-0.39, 0.29) is 5.82 Å². The number of H-pyrrole nitrogens is 1. The smallest absolute Gasteiger partial charge is 0.123 e. The number of nitrogens with one attached hydrogen (secondary N) is 1. The van der Waals surface area contributed by atoms with Gasteiger partial charge in [0.25, 0.3) is 0 Å². The van der Waals surface area contributed by atoms with Crippen molar-refractivity contribution in [3.8, 4) is 0 Å². The van der Waals surface area contributed by atoms with Crippen molar-refractivity contribution in [3.63, 3.8) is 0 Å². The molecule has 96 valence electrons. The normalized spacial score (nSPS) is 11.1. The zero-order chi connectivity index (χ0) is 13.2. The molecule has 0 aliphatic rings. The van der Waals surface area contributed by atoms with Gasteiger partial charge < -0.3 is 4.98 Å². The maximum atomic E-state index is 13.1. The Hall–Kier alpha value is -1.74. The number of thioether (sulfide) groups is 1. The first-order valence-electron chi connectivity index (χ1n) is 6.18. The van der Waals surface area contributed by atoms with Gasteiger partial charge in [-0.05, 0) is 30.7 Å². The second-order valence-electron chi connectivity index (χ2n) is 4.54. The number of fused-ring (bicyclic) bond motifs is 1. The van der Waals surface area contributed by atoms with Gasteiger partial charge >= 0.3 is 0 Å². The Morgan fingerprint density at radius 2 is 1.95 bits per heavy atom. The highest BCUT2D eigenvalue weighted by atomic mass is 32.2. The summed E-state index contributed by atoms with van der Waals surface area (Å²) in [6, 6.07) is 15.1. The van der Waals surface area contributed by atoms with E-state index < -0.39 is 0 Å². The van der Waals surface area contributed by atoms with E-state index in [1.807, 2.05) is 18.2 Å². The molecule has 1 aromatic heterocycles. The first-order chi connectivity index (χ1) is 9.24. The van der Waals surface area contributed by atoms with Crippen molar-refractivity contribution in [1.29, 1.82) is 0 Å². The number of hydrogen-bond acceptors (Lipinski definition) is 1. The molecule has 0 atom stereocenters. The van der Waals surface area contributed by atoms with Crippen molar-refractivity contribution in [2.24, 2.45) is 0 Å². The average molecular weight is 271 g/mol. The van der Waals surface area contributed by atoms with E-state index in [4.69, 9.17) is 0 Å². The molecule has 0 saturated carbocycles. The van der Waals surface area contributed by atoms with Crippen LogP contribution in [0, 0.1) is 12.7 Å². The van der Waals surface area contributed by atoms with Gasteiger partial charge in [0.05, 0.1) is 0 Å². The Balaban J connectivity index is 1.87. The van der Waals surface area contributed by atoms with E-state index in [1.165, 1.54) is 22.0 Å². The van der Waals surface area contributed by atoms with Crippen LogP contribution < -0.4 is 0 Å². The summed E-state index contributed by atoms with van der Waals surface area (Å²) in [4.78, 5) is 4.63. The van der Waals surface area contributed by atoms with Crippen LogP contribution in [0.25, 0.3) is 10.9 Å². The molecule has 1 N–H and O–H groups in total. The third kappa shape index (κ3) is 2.51. The summed E-state index contributed by atoms with van der Waals surface area (Å²) < 4.78 is 13.1. The van der Waals surface area contributed by atoms with Gasteiger partial charge in [-0.25, -0.2) is 4.39 Å². The fraction of sp³-hybridized carbons (Fsp3) is 0.125. The molecule has 1 heterocycles. The van der Waals surface area contributed by atoms with Gasteiger partial charge in [-0.3, -0.25) is 0 Å². The Kier molecular flexibility index (Phi) is 3.30. The number of benzene rings is 2. The number of hydrogen-bond donors (Lipinski definition) is 1. The molecule has 0 amide bonds. The molecule has 0 fully saturated rings. The maximum absolute atomic E-state index is 13.1. The number of para-hydroxylation sites is 1. The predicted molar refractivity (Wildman–Crippen MR) is 79.0 cm³/mol. The third-order valence-corrected chi connectivity index (χ3v) is 4.40. The summed E-state index contributed by atoms with van der Waals surface area (Å²) in [6.45, 7) is 2.08. The highest BCUT2D eigenvalue weighted by molar-refractivity contribution is 7.98. The van der Waals surface area contributed by atoms with Crippen LogP contribution in [0.1, 0.15) is 11.3 Å². The highest BCUT2D eigenvalue weighted by Gasteiger charge is 2.08. The summed E-state index contributed by atoms with van der Waals surface area (Å²) in [5, 5.41) is 1.24. The zero-order valence-electron chi connectivity index (χ0n) is 10.6. The van der Waals surface area contributed by atoms with E-state index in [0.717, 1.165) is 16.8 Å². The molecule has 0 bridgehead atoms. The van der Waals surface area contributed by atoms with E-state index >= 15 is 0 Å². The Labute approximate surface area is 115 Å². The number of aryl methyl sites for hydroxylation is 1. The van der Waals surface area contributed by atoms with Crippen molar-refractivity contribution in [1.82, 2.24) is 4.98 Å². The molecular weight excluding hydrogens is 257 g/mol. The summed E-state index contributed by atoms with van der Waals surface area (Å²) in [6.07, 6.45) is 0. The summed E-state index contributed by atoms with van der Waals surface area (Å²) in [5.41, 5.74) is 3.33. The molecule has 0 spiro atoms. The van der Waals surface area contributed by atoms with Crippen LogP contribution in [0.15, 0.2) is 53.4 Å². The van der Waals surface area contributed by atoms with E-state index in [2.05, 4.69) is 24.0 Å². The second kappa shape index (κ2) is 5.10. The first kappa shape index (κ1) is 12.3. The van der Waals surface area contributed by atoms with E-state index in [1.54, 1.807) is 23.9 Å². The summed E-state index contributed by atoms with van der Waals surface area (Å²) >= 11 is 1.75. The first-order valence-corrected chi connectivity index (χ1v) is 7.17. The average Bonchev–Trinajstić information content (AvgIpc) is 2.72. The second-order valence-corrected chi connectivity index (χ2v) is 5.53. The number of rotatable bonds is 3. The van der Waals surface area contributed by atoms with Gasteiger partial charge in [0.15, 0.2) is 0 Å². The quantitative estimate of drug-likeness (QED) is 0.669. The zero-order valence-corrected chi connectivity index (χ0v) is 11.4. The van der Waals surface area contributed by atoms with Crippen molar-refractivity contribution < 1.29 is 4.39 Å². The van der Waals surface area contributed by atoms with Gasteiger partial charge in [-0.1, -0.05) is 30.3 Å². The van der Waals surface area contributed by atoms with E-state index in [0.29, 0.717) is 0 Å². The van der Waals surface area contributed by atoms with Crippen LogP contribution in [-0.4, -0.2) is 4.98 Å². The molecule has 0 aliphatic carbocycles. The molecule has 1 nitrogen and oxygen atoms in total. The van der Waals surface area contributed by atoms with Gasteiger partial charge in [0, 0.05) is 27.2 Å². The van der Waals surface area contributed by atoms with Crippen LogP contribution in [0.4, 0.5) is 4.39 Å². The SMILES string of the molecule is Cc1[nH]c2ccccc2c1SCc1cccc(F)c1. The molecule has 0 unspecified atom stereocenters. The number of aromatic amines is 1. The van der Waals surface area contributed by atoms with Gasteiger partial charge in [-0.2, -0.15) is 0 Å². The largest absolute Gasteiger partial charge is 0.358 e. The predicted octanol–water partition coefficient (Wildman–Crippen LogP) is 4.91. The van der Waals surface area contributed by atoms with Crippen molar-refractivity contribution in [2.75, 3.05) is 0 Å². The minimum atomic E-state index is -0.172. The number of halogens is 1. The molecule has 3 rings (SSSR count). The fourth-order valence-electron chi connectivity index (χ4n) is 2.22. The fourth-order valence-corrected chi connectivity index (χ4v) is 3.31. The summed E-state index contributed by atoms with van der Waals surface area (Å²) in [7, 11) is 0. The van der Waals surface area contributed by atoms with Gasteiger partial charge in [0.2, 0.25) is 0 Å². The van der Waals surface area contributed by atoms with Crippen LogP contribution in [0.5, 0.6) is 0 Å². The maximum Gasteiger partial charge on any atom is 0.123 e. The minimum Gasteiger partial charge on any atom is -0.358 e. The molecule has 3 heteroatoms. The molecule has 3 aromatic rings. The van der Waals surface area contributed by atoms with Crippen LogP contribution in [0.2, 0.25) is 0 Å². The van der Waals surface area contributed by atoms with Crippen LogP contribution in [-0.2, 0) is 5.75 Å². The molecule has 0 radical (unpaired) electrons. The van der Waals surface area contributed by atoms with Crippen LogP contribution in [0.3, 0.4) is 0 Å². The lowest BCUT2D eigenvalue weighted by Crippen LogP contribution is -1.83. The molecule has 2 aromatic carbocycles. The lowest BCUT2D eigenvalue weighted by Gasteiger charge is -2.02. The minimum absolute atomic E-state index is 0.172. The number of aromatic nitrogens is 1. The lowest BCUT2D eigenvalue weighted by molar-refractivity contribution is 0.626. The lowest BCUT2D eigenvalue weighted by atomic mass is 10.2. The van der Waals surface area contributed by atoms with Gasteiger partial charge in [-0.15, -0.1) is 11.8 Å². The Morgan fingerprint density at radius 1 is 1.11 bits per heavy atom. The van der Waals surface area contributed by atoms with E-state index in [9.17, 15) is 4.39 Å². The molecule has 0 aliphatic heterocycles. The molecular formula is C16H14FNS. The topological polar surface area (TPSA) is 15.8 Å².